The summed E-state index contributed by atoms with van der Waals surface area (Å²) in [5.74, 6) is -0.813. The Morgan fingerprint density at radius 2 is 2.00 bits per heavy atom. The van der Waals surface area contributed by atoms with Crippen LogP contribution in [0.1, 0.15) is 6.92 Å². The molecule has 0 aromatic heterocycles. The smallest absolute Gasteiger partial charge is 0.326 e. The number of hydrogen-bond acceptors (Lipinski definition) is 6. The van der Waals surface area contributed by atoms with Gasteiger partial charge in [-0.05, 0) is 0 Å². The molecule has 2 heterocycles. The van der Waals surface area contributed by atoms with Gasteiger partial charge in [-0.15, -0.1) is 0 Å². The molecule has 8 nitrogen and oxygen atoms in total. The van der Waals surface area contributed by atoms with Crippen molar-refractivity contribution in [1.29, 1.82) is 0 Å². The van der Waals surface area contributed by atoms with Gasteiger partial charge in [0.05, 0.1) is 12.5 Å². The molecule has 9 heteroatoms. The van der Waals surface area contributed by atoms with E-state index in [2.05, 4.69) is 5.32 Å². The van der Waals surface area contributed by atoms with Gasteiger partial charge in [0.25, 0.3) is 0 Å². The molecule has 1 unspecified atom stereocenters. The second-order valence-electron chi connectivity index (χ2n) is 4.58. The van der Waals surface area contributed by atoms with Crippen molar-refractivity contribution in [2.45, 2.75) is 31.5 Å². The molecule has 2 saturated heterocycles. The van der Waals surface area contributed by atoms with Gasteiger partial charge in [-0.3, -0.25) is 15.0 Å². The van der Waals surface area contributed by atoms with E-state index in [1.54, 1.807) is 6.92 Å². The van der Waals surface area contributed by atoms with Crippen LogP contribution < -0.4 is 5.32 Å². The zero-order valence-corrected chi connectivity index (χ0v) is 13.2. The molecule has 0 spiro atoms. The number of aliphatic hydroxyl groups is 3. The molecule has 3 amide bonds. The van der Waals surface area contributed by atoms with Crippen molar-refractivity contribution in [1.82, 2.24) is 10.2 Å². The second-order valence-corrected chi connectivity index (χ2v) is 4.58. The van der Waals surface area contributed by atoms with Gasteiger partial charge >= 0.3 is 6.03 Å². The Morgan fingerprint density at radius 3 is 2.53 bits per heavy atom. The maximum atomic E-state index is 11.6. The molecule has 0 aromatic rings. The number of amides is 3. The minimum Gasteiger partial charge on any atom is -0.394 e. The van der Waals surface area contributed by atoms with Gasteiger partial charge in [-0.25, -0.2) is 4.79 Å². The summed E-state index contributed by atoms with van der Waals surface area (Å²) >= 11 is 0. The van der Waals surface area contributed by atoms with Gasteiger partial charge in [0.1, 0.15) is 18.3 Å². The molecule has 0 saturated carbocycles. The third kappa shape index (κ3) is 3.02. The standard InChI is InChI=1S/C10H16N2O6.Sn/c1-4-2-12(10(17)11-8(4)16)9-7(15)6(14)5(3-13)18-9;/h4-7,9,13-15H,2-3H2,1H3,(H,11,16,17);/t4?,5-,6-,7-,9-;/m1./s1. The average Bonchev–Trinajstić information content (AvgIpc) is 2.61. The number of nitrogens with zero attached hydrogens (tertiary/aromatic N) is 1. The Hall–Kier alpha value is -0.421. The van der Waals surface area contributed by atoms with Crippen molar-refractivity contribution in [3.05, 3.63) is 0 Å². The van der Waals surface area contributed by atoms with Gasteiger partial charge in [-0.1, -0.05) is 6.92 Å². The Bertz CT molecular complexity index is 368. The van der Waals surface area contributed by atoms with Crippen LogP contribution in [0.4, 0.5) is 4.79 Å². The summed E-state index contributed by atoms with van der Waals surface area (Å²) in [6.07, 6.45) is -4.58. The van der Waals surface area contributed by atoms with E-state index in [1.165, 1.54) is 0 Å². The fourth-order valence-electron chi connectivity index (χ4n) is 2.12. The fraction of sp³-hybridized carbons (Fsp3) is 0.800. The van der Waals surface area contributed by atoms with Crippen molar-refractivity contribution in [3.63, 3.8) is 0 Å². The van der Waals surface area contributed by atoms with E-state index >= 15 is 0 Å². The van der Waals surface area contributed by atoms with Gasteiger partial charge in [0, 0.05) is 30.5 Å². The molecule has 0 aromatic carbocycles. The molecular formula is C10H16N2O6Sn. The quantitative estimate of drug-likeness (QED) is 0.386. The number of urea groups is 1. The summed E-state index contributed by atoms with van der Waals surface area (Å²) in [6, 6.07) is -0.673. The van der Waals surface area contributed by atoms with E-state index in [9.17, 15) is 19.8 Å². The van der Waals surface area contributed by atoms with Gasteiger partial charge < -0.3 is 20.1 Å². The summed E-state index contributed by atoms with van der Waals surface area (Å²) in [6.45, 7) is 1.27. The van der Waals surface area contributed by atoms with Crippen LogP contribution in [0.25, 0.3) is 0 Å². The number of hydrogen-bond donors (Lipinski definition) is 4. The van der Waals surface area contributed by atoms with Crippen molar-refractivity contribution in [2.24, 2.45) is 5.92 Å². The molecule has 0 bridgehead atoms. The van der Waals surface area contributed by atoms with Crippen LogP contribution in [0.3, 0.4) is 0 Å². The zero-order valence-electron chi connectivity index (χ0n) is 10.3. The van der Waals surface area contributed by atoms with Crippen molar-refractivity contribution in [2.75, 3.05) is 13.2 Å². The third-order valence-electron chi connectivity index (χ3n) is 3.23. The summed E-state index contributed by atoms with van der Waals surface area (Å²) in [5, 5.41) is 30.5. The summed E-state index contributed by atoms with van der Waals surface area (Å²) < 4.78 is 5.23. The fourth-order valence-corrected chi connectivity index (χ4v) is 2.12. The number of imide groups is 1. The largest absolute Gasteiger partial charge is 0.394 e. The van der Waals surface area contributed by atoms with Crippen molar-refractivity contribution in [3.8, 4) is 0 Å². The monoisotopic (exact) mass is 380 g/mol. The predicted molar refractivity (Wildman–Crippen MR) is 62.9 cm³/mol. The van der Waals surface area contributed by atoms with E-state index in [4.69, 9.17) is 9.84 Å². The Labute approximate surface area is 126 Å². The van der Waals surface area contributed by atoms with E-state index in [1.807, 2.05) is 0 Å². The molecule has 5 atom stereocenters. The van der Waals surface area contributed by atoms with Gasteiger partial charge in [-0.2, -0.15) is 0 Å². The van der Waals surface area contributed by atoms with Crippen molar-refractivity contribution < 1.29 is 29.6 Å². The maximum Gasteiger partial charge on any atom is 0.326 e. The molecule has 2 aliphatic rings. The topological polar surface area (TPSA) is 119 Å². The van der Waals surface area contributed by atoms with Crippen LogP contribution in [0.15, 0.2) is 0 Å². The predicted octanol–water partition coefficient (Wildman–Crippen LogP) is -2.77. The van der Waals surface area contributed by atoms with Crippen LogP contribution in [0.5, 0.6) is 0 Å². The Morgan fingerprint density at radius 1 is 1.37 bits per heavy atom. The van der Waals surface area contributed by atoms with Gasteiger partial charge in [0.2, 0.25) is 5.91 Å². The maximum absolute atomic E-state index is 11.6. The molecular weight excluding hydrogens is 363 g/mol. The Kier molecular flexibility index (Phi) is 5.56. The number of rotatable bonds is 2. The van der Waals surface area contributed by atoms with Crippen LogP contribution in [-0.4, -0.2) is 93.8 Å². The SMILES string of the molecule is CC1CN([C@@H]2O[C@H](CO)[C@@H](O)[C@H]2O)C(=O)NC1=O.[Sn]. The molecule has 0 aliphatic carbocycles. The zero-order chi connectivity index (χ0) is 13.4. The first-order valence-electron chi connectivity index (χ1n) is 5.69. The summed E-state index contributed by atoms with van der Waals surface area (Å²) in [4.78, 5) is 24.1. The normalized spacial score (nSPS) is 38.9. The van der Waals surface area contributed by atoms with Crippen LogP contribution in [0, 0.1) is 5.92 Å². The minimum absolute atomic E-state index is 0. The molecule has 2 fully saturated rings. The van der Waals surface area contributed by atoms with Crippen LogP contribution in [-0.2, 0) is 9.53 Å². The molecule has 19 heavy (non-hydrogen) atoms. The van der Waals surface area contributed by atoms with E-state index in [0.29, 0.717) is 0 Å². The first kappa shape index (κ1) is 16.6. The third-order valence-corrected chi connectivity index (χ3v) is 3.23. The first-order chi connectivity index (χ1) is 8.45. The minimum atomic E-state index is -1.31. The van der Waals surface area contributed by atoms with Gasteiger partial charge in [0.15, 0.2) is 6.23 Å². The number of ether oxygens (including phenoxy) is 1. The van der Waals surface area contributed by atoms with Crippen LogP contribution >= 0.6 is 0 Å². The van der Waals surface area contributed by atoms with E-state index in [0.717, 1.165) is 4.90 Å². The number of aliphatic hydroxyl groups excluding tert-OH is 3. The summed E-state index contributed by atoms with van der Waals surface area (Å²) in [7, 11) is 0. The molecule has 2 aliphatic heterocycles. The van der Waals surface area contributed by atoms with E-state index < -0.39 is 43.1 Å². The molecule has 106 valence electrons. The second kappa shape index (κ2) is 6.35. The molecule has 4 N–H and O–H groups in total. The number of carbonyl (C=O) groups excluding carboxylic acids is 2. The molecule has 2 rings (SSSR count). The van der Waals surface area contributed by atoms with Crippen molar-refractivity contribution >= 4 is 35.8 Å². The molecule has 4 radical (unpaired) electrons. The van der Waals surface area contributed by atoms with Crippen LogP contribution in [0.2, 0.25) is 0 Å². The average molecular weight is 379 g/mol. The first-order valence-corrected chi connectivity index (χ1v) is 5.69. The summed E-state index contributed by atoms with van der Waals surface area (Å²) in [5.41, 5.74) is 0. The number of carbonyl (C=O) groups is 2. The number of nitrogens with one attached hydrogen (secondary N) is 1. The Balaban J connectivity index is 0.00000180. The van der Waals surface area contributed by atoms with E-state index in [-0.39, 0.29) is 36.4 Å².